The van der Waals surface area contributed by atoms with Crippen LogP contribution in [0.15, 0.2) is 0 Å². The normalized spacial score (nSPS) is 39.2. The van der Waals surface area contributed by atoms with Crippen LogP contribution in [0.1, 0.15) is 40.0 Å². The van der Waals surface area contributed by atoms with Gasteiger partial charge in [-0.05, 0) is 43.9 Å². The maximum atomic E-state index is 9.36. The van der Waals surface area contributed by atoms with E-state index in [1.807, 2.05) is 0 Å². The van der Waals surface area contributed by atoms with Gasteiger partial charge < -0.3 is 14.6 Å². The second kappa shape index (κ2) is 5.25. The van der Waals surface area contributed by atoms with Crippen molar-refractivity contribution in [1.82, 2.24) is 0 Å². The summed E-state index contributed by atoms with van der Waals surface area (Å²) < 4.78 is 11.6. The van der Waals surface area contributed by atoms with Crippen molar-refractivity contribution in [3.05, 3.63) is 0 Å². The Morgan fingerprint density at radius 1 is 1.29 bits per heavy atom. The first-order valence-electron chi connectivity index (χ1n) is 6.95. The zero-order valence-corrected chi connectivity index (χ0v) is 11.3. The highest BCUT2D eigenvalue weighted by Gasteiger charge is 2.44. The van der Waals surface area contributed by atoms with Crippen LogP contribution in [0.3, 0.4) is 0 Å². The smallest absolute Gasteiger partial charge is 0.168 e. The molecule has 0 radical (unpaired) electrons. The van der Waals surface area contributed by atoms with Crippen molar-refractivity contribution in [1.29, 1.82) is 0 Å². The molecular formula is C14H26O3. The van der Waals surface area contributed by atoms with Crippen molar-refractivity contribution in [3.63, 3.8) is 0 Å². The summed E-state index contributed by atoms with van der Waals surface area (Å²) in [7, 11) is 0. The van der Waals surface area contributed by atoms with Gasteiger partial charge in [0.25, 0.3) is 0 Å². The molecule has 0 spiro atoms. The van der Waals surface area contributed by atoms with Crippen molar-refractivity contribution in [2.24, 2.45) is 23.7 Å². The van der Waals surface area contributed by atoms with E-state index in [0.717, 1.165) is 19.6 Å². The lowest BCUT2D eigenvalue weighted by Crippen LogP contribution is -2.42. The van der Waals surface area contributed by atoms with Crippen LogP contribution >= 0.6 is 0 Å². The van der Waals surface area contributed by atoms with Crippen molar-refractivity contribution in [2.45, 2.75) is 45.8 Å². The lowest BCUT2D eigenvalue weighted by Gasteiger charge is -2.42. The third kappa shape index (κ3) is 2.67. The van der Waals surface area contributed by atoms with Crippen molar-refractivity contribution < 1.29 is 14.6 Å². The molecule has 2 rings (SSSR count). The predicted octanol–water partition coefficient (Wildman–Crippen LogP) is 2.43. The summed E-state index contributed by atoms with van der Waals surface area (Å²) in [6.45, 7) is 8.29. The van der Waals surface area contributed by atoms with Gasteiger partial charge in [-0.2, -0.15) is 0 Å². The van der Waals surface area contributed by atoms with Gasteiger partial charge in [-0.25, -0.2) is 0 Å². The third-order valence-corrected chi connectivity index (χ3v) is 4.88. The molecular weight excluding hydrogens is 216 g/mol. The van der Waals surface area contributed by atoms with Gasteiger partial charge in [-0.15, -0.1) is 0 Å². The van der Waals surface area contributed by atoms with Crippen LogP contribution in [-0.2, 0) is 9.47 Å². The molecule has 100 valence electrons. The lowest BCUT2D eigenvalue weighted by molar-refractivity contribution is -0.195. The van der Waals surface area contributed by atoms with E-state index in [2.05, 4.69) is 20.8 Å². The van der Waals surface area contributed by atoms with Crippen molar-refractivity contribution in [3.8, 4) is 0 Å². The van der Waals surface area contributed by atoms with Gasteiger partial charge in [0.2, 0.25) is 0 Å². The van der Waals surface area contributed by atoms with E-state index >= 15 is 0 Å². The maximum Gasteiger partial charge on any atom is 0.168 e. The number of hydrogen-bond acceptors (Lipinski definition) is 3. The fraction of sp³-hybridized carbons (Fsp3) is 1.00. The molecule has 3 nitrogen and oxygen atoms in total. The van der Waals surface area contributed by atoms with Crippen molar-refractivity contribution in [2.75, 3.05) is 19.8 Å². The molecule has 0 aromatic heterocycles. The zero-order valence-electron chi connectivity index (χ0n) is 11.3. The van der Waals surface area contributed by atoms with E-state index in [4.69, 9.17) is 9.47 Å². The van der Waals surface area contributed by atoms with Crippen LogP contribution in [-0.4, -0.2) is 30.7 Å². The molecule has 2 fully saturated rings. The Hall–Kier alpha value is -0.120. The first kappa shape index (κ1) is 13.3. The third-order valence-electron chi connectivity index (χ3n) is 4.88. The van der Waals surface area contributed by atoms with E-state index in [0.29, 0.717) is 30.3 Å². The molecule has 1 aliphatic carbocycles. The molecule has 1 aliphatic heterocycles. The van der Waals surface area contributed by atoms with E-state index < -0.39 is 0 Å². The first-order valence-corrected chi connectivity index (χ1v) is 6.95. The zero-order chi connectivity index (χ0) is 12.5. The second-order valence-electron chi connectivity index (χ2n) is 6.02. The summed E-state index contributed by atoms with van der Waals surface area (Å²) in [6, 6.07) is 0. The molecule has 1 heterocycles. The van der Waals surface area contributed by atoms with Crippen LogP contribution < -0.4 is 0 Å². The van der Waals surface area contributed by atoms with Crippen LogP contribution in [0, 0.1) is 23.7 Å². The number of rotatable bonds is 3. The topological polar surface area (TPSA) is 38.7 Å². The predicted molar refractivity (Wildman–Crippen MR) is 66.6 cm³/mol. The summed E-state index contributed by atoms with van der Waals surface area (Å²) in [4.78, 5) is 0. The van der Waals surface area contributed by atoms with E-state index in [1.54, 1.807) is 0 Å². The molecule has 1 saturated heterocycles. The number of hydrogen-bond donors (Lipinski definition) is 1. The second-order valence-corrected chi connectivity index (χ2v) is 6.02. The Balaban J connectivity index is 2.02. The molecule has 0 aromatic rings. The van der Waals surface area contributed by atoms with Gasteiger partial charge in [-0.1, -0.05) is 13.8 Å². The van der Waals surface area contributed by atoms with Gasteiger partial charge in [0, 0.05) is 12.5 Å². The monoisotopic (exact) mass is 242 g/mol. The highest BCUT2D eigenvalue weighted by atomic mass is 16.7. The average molecular weight is 242 g/mol. The molecule has 0 aromatic carbocycles. The standard InChI is InChI=1S/C14H26O3/c1-10-4-5-12(8-13(10)11(2)9-15)14(3)16-6-7-17-14/h10-13,15H,4-9H2,1-3H3/t10-,11+,12+,13+/m1/s1. The molecule has 0 bridgehead atoms. The van der Waals surface area contributed by atoms with E-state index in [1.165, 1.54) is 12.8 Å². The molecule has 2 aliphatic rings. The Labute approximate surface area is 104 Å². The maximum absolute atomic E-state index is 9.36. The van der Waals surface area contributed by atoms with Gasteiger partial charge in [-0.3, -0.25) is 0 Å². The number of aliphatic hydroxyl groups excluding tert-OH is 1. The fourth-order valence-corrected chi connectivity index (χ4v) is 3.53. The van der Waals surface area contributed by atoms with E-state index in [-0.39, 0.29) is 5.79 Å². The molecule has 3 heteroatoms. The van der Waals surface area contributed by atoms with Crippen LogP contribution in [0.25, 0.3) is 0 Å². The Morgan fingerprint density at radius 2 is 1.94 bits per heavy atom. The molecule has 1 N–H and O–H groups in total. The summed E-state index contributed by atoms with van der Waals surface area (Å²) in [5.74, 6) is 1.81. The molecule has 0 amide bonds. The van der Waals surface area contributed by atoms with Gasteiger partial charge in [0.15, 0.2) is 5.79 Å². The van der Waals surface area contributed by atoms with Crippen molar-refractivity contribution >= 4 is 0 Å². The molecule has 4 atom stereocenters. The van der Waals surface area contributed by atoms with Gasteiger partial charge in [0.1, 0.15) is 0 Å². The SMILES string of the molecule is C[C@@H]1CC[C@H](C2(C)OCCO2)C[C@@H]1[C@@H](C)CO. The van der Waals surface area contributed by atoms with Crippen LogP contribution in [0.5, 0.6) is 0 Å². The minimum Gasteiger partial charge on any atom is -0.396 e. The summed E-state index contributed by atoms with van der Waals surface area (Å²) >= 11 is 0. The quantitative estimate of drug-likeness (QED) is 0.826. The molecule has 0 unspecified atom stereocenters. The van der Waals surface area contributed by atoms with Crippen LogP contribution in [0.2, 0.25) is 0 Å². The van der Waals surface area contributed by atoms with Gasteiger partial charge >= 0.3 is 0 Å². The average Bonchev–Trinajstić information content (AvgIpc) is 2.77. The van der Waals surface area contributed by atoms with Crippen LogP contribution in [0.4, 0.5) is 0 Å². The Bertz CT molecular complexity index is 244. The molecule has 17 heavy (non-hydrogen) atoms. The summed E-state index contributed by atoms with van der Waals surface area (Å²) in [6.07, 6.45) is 3.54. The highest BCUT2D eigenvalue weighted by Crippen LogP contribution is 2.44. The number of aliphatic hydroxyl groups is 1. The highest BCUT2D eigenvalue weighted by molar-refractivity contribution is 4.88. The van der Waals surface area contributed by atoms with Gasteiger partial charge in [0.05, 0.1) is 13.2 Å². The van der Waals surface area contributed by atoms with E-state index in [9.17, 15) is 5.11 Å². The summed E-state index contributed by atoms with van der Waals surface area (Å²) in [5.41, 5.74) is 0. The lowest BCUT2D eigenvalue weighted by atomic mass is 9.68. The number of ether oxygens (including phenoxy) is 2. The largest absolute Gasteiger partial charge is 0.396 e. The minimum atomic E-state index is -0.367. The summed E-state index contributed by atoms with van der Waals surface area (Å²) in [5, 5.41) is 9.36. The Kier molecular flexibility index (Phi) is 4.11. The first-order chi connectivity index (χ1) is 8.07. The molecule has 1 saturated carbocycles. The fourth-order valence-electron chi connectivity index (χ4n) is 3.53. The minimum absolute atomic E-state index is 0.292. The Morgan fingerprint density at radius 3 is 2.53 bits per heavy atom.